The Morgan fingerprint density at radius 3 is 0.826 bits per heavy atom. The zero-order chi connectivity index (χ0) is 79.9. The molecule has 0 saturated carbocycles. The summed E-state index contributed by atoms with van der Waals surface area (Å²) in [7, 11) is -9.95. The molecule has 0 aromatic heterocycles. The van der Waals surface area contributed by atoms with Gasteiger partial charge in [0.25, 0.3) is 0 Å². The molecule has 0 saturated heterocycles. The minimum atomic E-state index is -4.97. The number of hydrogen-bond donors (Lipinski definition) is 3. The van der Waals surface area contributed by atoms with Crippen molar-refractivity contribution in [3.8, 4) is 0 Å². The van der Waals surface area contributed by atoms with Crippen LogP contribution in [-0.4, -0.2) is 96.7 Å². The fraction of sp³-hybridized carbons (Fsp3) is 0.911. The lowest BCUT2D eigenvalue weighted by molar-refractivity contribution is -0.161. The van der Waals surface area contributed by atoms with Gasteiger partial charge in [0.2, 0.25) is 0 Å². The molecule has 0 fully saturated rings. The molecule has 109 heavy (non-hydrogen) atoms. The van der Waals surface area contributed by atoms with E-state index in [1.807, 2.05) is 0 Å². The van der Waals surface area contributed by atoms with Crippen LogP contribution in [0.15, 0.2) is 24.3 Å². The van der Waals surface area contributed by atoms with Gasteiger partial charge in [-0.25, -0.2) is 9.13 Å². The summed E-state index contributed by atoms with van der Waals surface area (Å²) in [5, 5.41) is 10.7. The van der Waals surface area contributed by atoms with Crippen LogP contribution in [0, 0.1) is 11.8 Å². The van der Waals surface area contributed by atoms with E-state index in [2.05, 4.69) is 65.8 Å². The molecule has 0 rings (SSSR count). The summed E-state index contributed by atoms with van der Waals surface area (Å²) in [6.45, 7) is 9.67. The summed E-state index contributed by atoms with van der Waals surface area (Å²) in [6.07, 6.45) is 77.3. The van der Waals surface area contributed by atoms with Gasteiger partial charge in [0.15, 0.2) is 12.2 Å². The molecular formula is C90H172O17P2. The highest BCUT2D eigenvalue weighted by Crippen LogP contribution is 2.45. The van der Waals surface area contributed by atoms with E-state index in [0.29, 0.717) is 25.7 Å². The summed E-state index contributed by atoms with van der Waals surface area (Å²) in [5.41, 5.74) is 0. The summed E-state index contributed by atoms with van der Waals surface area (Å²) in [5.74, 6) is -0.518. The van der Waals surface area contributed by atoms with Gasteiger partial charge >= 0.3 is 39.5 Å². The molecule has 0 bridgehead atoms. The molecule has 19 heteroatoms. The van der Waals surface area contributed by atoms with E-state index in [0.717, 1.165) is 115 Å². The number of unbranched alkanes of at least 4 members (excludes halogenated alkanes) is 53. The number of hydrogen-bond acceptors (Lipinski definition) is 15. The fourth-order valence-corrected chi connectivity index (χ4v) is 15.1. The van der Waals surface area contributed by atoms with Crippen LogP contribution in [0.2, 0.25) is 0 Å². The Hall–Kier alpha value is -2.46. The number of carbonyl (C=O) groups excluding carboxylic acids is 4. The van der Waals surface area contributed by atoms with Crippen molar-refractivity contribution in [3.63, 3.8) is 0 Å². The van der Waals surface area contributed by atoms with Crippen LogP contribution in [0.1, 0.15) is 459 Å². The second kappa shape index (κ2) is 80.7. The Kier molecular flexibility index (Phi) is 78.9. The summed E-state index contributed by atoms with van der Waals surface area (Å²) in [6, 6.07) is 0. The molecule has 17 nitrogen and oxygen atoms in total. The lowest BCUT2D eigenvalue weighted by atomic mass is 9.99. The standard InChI is InChI=1S/C90H172O17P2/c1-7-10-12-14-16-18-20-22-24-25-26-27-31-35-38-42-48-54-60-66-72-87(92)100-78-85(106-90(95)75-69-63-57-50-44-40-36-32-29-28-30-34-37-41-47-53-59-65-71-83(6)9-3)80-104-108(96,97)102-76-84(91)77-103-109(98,99)105-81-86(79-101-88(93)73-67-61-55-51-45-46-52-58-64-70-82(4)5)107-89(94)74-68-62-56-49-43-39-33-23-21-19-17-15-13-11-8-2/h19,21,23,33,82-86,91H,7-18,20,22,24-32,34-81H2,1-6H3,(H,96,97)(H,98,99)/b21-19-,33-23-/t83?,84-,85-,86-/m1/s1. The predicted molar refractivity (Wildman–Crippen MR) is 451 cm³/mol. The lowest BCUT2D eigenvalue weighted by Crippen LogP contribution is -2.30. The molecule has 0 heterocycles. The molecule has 0 aromatic rings. The first kappa shape index (κ1) is 107. The third-order valence-electron chi connectivity index (χ3n) is 20.9. The molecular weight excluding hydrogens is 1410 g/mol. The Morgan fingerprint density at radius 1 is 0.303 bits per heavy atom. The van der Waals surface area contributed by atoms with Gasteiger partial charge < -0.3 is 33.8 Å². The van der Waals surface area contributed by atoms with Gasteiger partial charge in [-0.2, -0.15) is 0 Å². The van der Waals surface area contributed by atoms with Crippen molar-refractivity contribution in [1.82, 2.24) is 0 Å². The number of aliphatic hydroxyl groups is 1. The highest BCUT2D eigenvalue weighted by atomic mass is 31.2. The second-order valence-corrected chi connectivity index (χ2v) is 35.3. The molecule has 6 atom stereocenters. The van der Waals surface area contributed by atoms with Crippen LogP contribution in [0.5, 0.6) is 0 Å². The second-order valence-electron chi connectivity index (χ2n) is 32.4. The molecule has 0 radical (unpaired) electrons. The average molecular weight is 1590 g/mol. The van der Waals surface area contributed by atoms with E-state index < -0.39 is 97.5 Å². The number of rotatable bonds is 87. The largest absolute Gasteiger partial charge is 0.472 e. The van der Waals surface area contributed by atoms with Crippen molar-refractivity contribution >= 4 is 39.5 Å². The van der Waals surface area contributed by atoms with E-state index in [1.54, 1.807) is 0 Å². The van der Waals surface area contributed by atoms with Crippen LogP contribution in [0.4, 0.5) is 0 Å². The monoisotopic (exact) mass is 1590 g/mol. The lowest BCUT2D eigenvalue weighted by Gasteiger charge is -2.21. The molecule has 644 valence electrons. The molecule has 0 aliphatic carbocycles. The highest BCUT2D eigenvalue weighted by Gasteiger charge is 2.30. The van der Waals surface area contributed by atoms with Crippen molar-refractivity contribution in [3.05, 3.63) is 24.3 Å². The third-order valence-corrected chi connectivity index (χ3v) is 22.8. The van der Waals surface area contributed by atoms with Gasteiger partial charge in [-0.1, -0.05) is 406 Å². The van der Waals surface area contributed by atoms with Gasteiger partial charge in [0, 0.05) is 25.7 Å². The SMILES string of the molecule is CCCCCC/C=C\C=C/CCCCCCCC(=O)O[C@H](COC(=O)CCCCCCCCCCCC(C)C)COP(=O)(O)OC[C@H](O)COP(=O)(O)OC[C@@H](COC(=O)CCCCCCCCCCCCCCCCCCCCCC)OC(=O)CCCCCCCCCCCCCCCCCCCCC(C)CC. The quantitative estimate of drug-likeness (QED) is 0.0169. The van der Waals surface area contributed by atoms with Crippen molar-refractivity contribution < 1.29 is 80.2 Å². The van der Waals surface area contributed by atoms with Crippen molar-refractivity contribution in [2.45, 2.75) is 477 Å². The number of esters is 4. The summed E-state index contributed by atoms with van der Waals surface area (Å²) < 4.78 is 69.0. The molecule has 0 aliphatic heterocycles. The Labute approximate surface area is 669 Å². The van der Waals surface area contributed by atoms with Crippen molar-refractivity contribution in [2.75, 3.05) is 39.6 Å². The van der Waals surface area contributed by atoms with Gasteiger partial charge in [-0.05, 0) is 63.2 Å². The first-order valence-corrected chi connectivity index (χ1v) is 48.8. The number of ether oxygens (including phenoxy) is 4. The van der Waals surface area contributed by atoms with Gasteiger partial charge in [0.05, 0.1) is 26.4 Å². The smallest absolute Gasteiger partial charge is 0.462 e. The third kappa shape index (κ3) is 81.9. The Balaban J connectivity index is 5.27. The maximum Gasteiger partial charge on any atom is 0.472 e. The minimum absolute atomic E-state index is 0.0850. The number of phosphoric ester groups is 2. The molecule has 0 spiro atoms. The number of allylic oxidation sites excluding steroid dienone is 4. The fourth-order valence-electron chi connectivity index (χ4n) is 13.6. The van der Waals surface area contributed by atoms with E-state index in [1.165, 1.54) is 263 Å². The maximum atomic E-state index is 13.2. The van der Waals surface area contributed by atoms with Crippen LogP contribution < -0.4 is 0 Å². The van der Waals surface area contributed by atoms with Gasteiger partial charge in [-0.3, -0.25) is 37.3 Å². The molecule has 3 N–H and O–H groups in total. The number of phosphoric acid groups is 2. The summed E-state index contributed by atoms with van der Waals surface area (Å²) in [4.78, 5) is 73.3. The van der Waals surface area contributed by atoms with E-state index in [4.69, 9.17) is 37.0 Å². The number of aliphatic hydroxyl groups excluding tert-OH is 1. The first-order valence-electron chi connectivity index (χ1n) is 45.8. The Morgan fingerprint density at radius 2 is 0.541 bits per heavy atom. The van der Waals surface area contributed by atoms with Crippen LogP contribution in [-0.2, 0) is 65.4 Å². The van der Waals surface area contributed by atoms with E-state index in [9.17, 15) is 43.2 Å². The van der Waals surface area contributed by atoms with Crippen LogP contribution >= 0.6 is 15.6 Å². The van der Waals surface area contributed by atoms with Gasteiger partial charge in [-0.15, -0.1) is 0 Å². The molecule has 3 unspecified atom stereocenters. The summed E-state index contributed by atoms with van der Waals surface area (Å²) >= 11 is 0. The topological polar surface area (TPSA) is 237 Å². The van der Waals surface area contributed by atoms with Crippen LogP contribution in [0.25, 0.3) is 0 Å². The van der Waals surface area contributed by atoms with E-state index >= 15 is 0 Å². The predicted octanol–water partition coefficient (Wildman–Crippen LogP) is 27.3. The maximum absolute atomic E-state index is 13.2. The first-order chi connectivity index (χ1) is 52.9. The van der Waals surface area contributed by atoms with E-state index in [-0.39, 0.29) is 25.7 Å². The molecule has 0 aliphatic rings. The zero-order valence-corrected chi connectivity index (χ0v) is 73.1. The van der Waals surface area contributed by atoms with Crippen molar-refractivity contribution in [1.29, 1.82) is 0 Å². The van der Waals surface area contributed by atoms with Crippen molar-refractivity contribution in [2.24, 2.45) is 11.8 Å². The average Bonchev–Trinajstić information content (AvgIpc) is 0.899. The highest BCUT2D eigenvalue weighted by molar-refractivity contribution is 7.47. The molecule has 0 amide bonds. The van der Waals surface area contributed by atoms with Gasteiger partial charge in [0.1, 0.15) is 19.3 Å². The Bertz CT molecular complexity index is 2180. The normalized spacial score (nSPS) is 14.1. The molecule has 0 aromatic carbocycles. The minimum Gasteiger partial charge on any atom is -0.462 e. The zero-order valence-electron chi connectivity index (χ0n) is 71.4. The number of carbonyl (C=O) groups is 4. The van der Waals surface area contributed by atoms with Crippen LogP contribution in [0.3, 0.4) is 0 Å².